The maximum atomic E-state index is 12.7. The van der Waals surface area contributed by atoms with E-state index in [2.05, 4.69) is 15.5 Å². The van der Waals surface area contributed by atoms with Gasteiger partial charge in [-0.05, 0) is 26.3 Å². The summed E-state index contributed by atoms with van der Waals surface area (Å²) in [7, 11) is 0. The van der Waals surface area contributed by atoms with Gasteiger partial charge in [0.15, 0.2) is 0 Å². The van der Waals surface area contributed by atoms with E-state index in [1.54, 1.807) is 25.1 Å². The SMILES string of the molecule is CC[C@H](C)NC(=O)c1cc(-c2cccc([N+](=O)[O-])c2)nc2onc(C)c12. The van der Waals surface area contributed by atoms with Gasteiger partial charge in [0.1, 0.15) is 0 Å². The van der Waals surface area contributed by atoms with Crippen molar-refractivity contribution in [1.82, 2.24) is 15.5 Å². The third kappa shape index (κ3) is 3.26. The second kappa shape index (κ2) is 6.91. The molecule has 26 heavy (non-hydrogen) atoms. The zero-order chi connectivity index (χ0) is 18.8. The number of carbonyl (C=O) groups excluding carboxylic acids is 1. The Hall–Kier alpha value is -3.29. The van der Waals surface area contributed by atoms with Gasteiger partial charge in [-0.2, -0.15) is 0 Å². The van der Waals surface area contributed by atoms with Gasteiger partial charge in [0.2, 0.25) is 0 Å². The standard InChI is InChI=1S/C18H18N4O4/c1-4-10(2)19-17(23)14-9-15(20-18-16(14)11(3)21-26-18)12-6-5-7-13(8-12)22(24)25/h5-10H,4H2,1-3H3,(H,19,23)/t10-/m0/s1. The van der Waals surface area contributed by atoms with Crippen LogP contribution in [-0.2, 0) is 0 Å². The molecule has 2 heterocycles. The molecule has 3 rings (SSSR count). The van der Waals surface area contributed by atoms with E-state index < -0.39 is 4.92 Å². The number of aryl methyl sites for hydroxylation is 1. The number of fused-ring (bicyclic) bond motifs is 1. The topological polar surface area (TPSA) is 111 Å². The van der Waals surface area contributed by atoms with E-state index >= 15 is 0 Å². The maximum Gasteiger partial charge on any atom is 0.270 e. The highest BCUT2D eigenvalue weighted by Gasteiger charge is 2.20. The van der Waals surface area contributed by atoms with E-state index in [1.807, 2.05) is 13.8 Å². The number of amides is 1. The first-order chi connectivity index (χ1) is 12.4. The first-order valence-electron chi connectivity index (χ1n) is 8.23. The lowest BCUT2D eigenvalue weighted by Crippen LogP contribution is -2.32. The van der Waals surface area contributed by atoms with Crippen molar-refractivity contribution < 1.29 is 14.2 Å². The molecule has 1 amide bonds. The van der Waals surface area contributed by atoms with Crippen LogP contribution in [0.4, 0.5) is 5.69 Å². The van der Waals surface area contributed by atoms with Crippen molar-refractivity contribution in [2.45, 2.75) is 33.2 Å². The van der Waals surface area contributed by atoms with Crippen LogP contribution in [0.2, 0.25) is 0 Å². The highest BCUT2D eigenvalue weighted by molar-refractivity contribution is 6.07. The number of non-ortho nitro benzene ring substituents is 1. The van der Waals surface area contributed by atoms with Gasteiger partial charge in [0.05, 0.1) is 27.3 Å². The average molecular weight is 354 g/mol. The minimum atomic E-state index is -0.475. The number of pyridine rings is 1. The Bertz CT molecular complexity index is 996. The smallest absolute Gasteiger partial charge is 0.270 e. The lowest BCUT2D eigenvalue weighted by Gasteiger charge is -2.12. The molecule has 1 atom stereocenters. The van der Waals surface area contributed by atoms with Crippen molar-refractivity contribution in [3.05, 3.63) is 51.7 Å². The molecule has 0 aliphatic carbocycles. The molecule has 1 N–H and O–H groups in total. The highest BCUT2D eigenvalue weighted by atomic mass is 16.6. The first kappa shape index (κ1) is 17.5. The second-order valence-electron chi connectivity index (χ2n) is 6.09. The van der Waals surface area contributed by atoms with Crippen LogP contribution >= 0.6 is 0 Å². The van der Waals surface area contributed by atoms with Gasteiger partial charge in [-0.3, -0.25) is 14.9 Å². The number of hydrogen-bond acceptors (Lipinski definition) is 6. The molecule has 3 aromatic rings. The quantitative estimate of drug-likeness (QED) is 0.553. The maximum absolute atomic E-state index is 12.7. The summed E-state index contributed by atoms with van der Waals surface area (Å²) in [5, 5.41) is 18.4. The fourth-order valence-electron chi connectivity index (χ4n) is 2.60. The zero-order valence-electron chi connectivity index (χ0n) is 14.6. The van der Waals surface area contributed by atoms with Crippen molar-refractivity contribution >= 4 is 22.7 Å². The lowest BCUT2D eigenvalue weighted by molar-refractivity contribution is -0.384. The van der Waals surface area contributed by atoms with Crippen LogP contribution in [0.3, 0.4) is 0 Å². The molecule has 0 bridgehead atoms. The van der Waals surface area contributed by atoms with Crippen LogP contribution in [0.15, 0.2) is 34.9 Å². The minimum Gasteiger partial charge on any atom is -0.350 e. The molecule has 134 valence electrons. The van der Waals surface area contributed by atoms with Crippen molar-refractivity contribution in [3.63, 3.8) is 0 Å². The predicted octanol–water partition coefficient (Wildman–Crippen LogP) is 3.63. The van der Waals surface area contributed by atoms with Gasteiger partial charge in [-0.25, -0.2) is 4.98 Å². The molecular weight excluding hydrogens is 336 g/mol. The van der Waals surface area contributed by atoms with Crippen molar-refractivity contribution in [1.29, 1.82) is 0 Å². The summed E-state index contributed by atoms with van der Waals surface area (Å²) in [5.41, 5.74) is 2.05. The Labute approximate surface area is 149 Å². The van der Waals surface area contributed by atoms with Crippen molar-refractivity contribution in [3.8, 4) is 11.3 Å². The molecule has 0 unspecified atom stereocenters. The summed E-state index contributed by atoms with van der Waals surface area (Å²) in [5.74, 6) is -0.260. The van der Waals surface area contributed by atoms with Gasteiger partial charge in [0, 0.05) is 23.7 Å². The molecule has 0 saturated heterocycles. The number of nitro benzene ring substituents is 1. The van der Waals surface area contributed by atoms with Gasteiger partial charge in [-0.1, -0.05) is 24.2 Å². The minimum absolute atomic E-state index is 0.00662. The van der Waals surface area contributed by atoms with Crippen LogP contribution in [0.25, 0.3) is 22.4 Å². The van der Waals surface area contributed by atoms with Crippen LogP contribution < -0.4 is 5.32 Å². The Kier molecular flexibility index (Phi) is 4.66. The van der Waals surface area contributed by atoms with Crippen molar-refractivity contribution in [2.24, 2.45) is 0 Å². The van der Waals surface area contributed by atoms with Crippen LogP contribution in [0, 0.1) is 17.0 Å². The van der Waals surface area contributed by atoms with Gasteiger partial charge >= 0.3 is 0 Å². The molecule has 0 radical (unpaired) electrons. The molecule has 0 aliphatic heterocycles. The zero-order valence-corrected chi connectivity index (χ0v) is 14.6. The van der Waals surface area contributed by atoms with Crippen LogP contribution in [0.5, 0.6) is 0 Å². The van der Waals surface area contributed by atoms with Crippen LogP contribution in [-0.4, -0.2) is 27.0 Å². The Balaban J connectivity index is 2.15. The summed E-state index contributed by atoms with van der Waals surface area (Å²) in [6.45, 7) is 5.63. The lowest BCUT2D eigenvalue weighted by atomic mass is 10.0. The van der Waals surface area contributed by atoms with E-state index in [0.29, 0.717) is 27.9 Å². The summed E-state index contributed by atoms with van der Waals surface area (Å²) in [6.07, 6.45) is 0.792. The number of nitrogens with one attached hydrogen (secondary N) is 1. The van der Waals surface area contributed by atoms with Gasteiger partial charge in [-0.15, -0.1) is 0 Å². The summed E-state index contributed by atoms with van der Waals surface area (Å²) < 4.78 is 5.24. The number of rotatable bonds is 5. The summed E-state index contributed by atoms with van der Waals surface area (Å²) in [4.78, 5) is 27.6. The molecule has 0 fully saturated rings. The normalized spacial score (nSPS) is 12.1. The van der Waals surface area contributed by atoms with Gasteiger partial charge in [0.25, 0.3) is 17.3 Å². The molecule has 8 heteroatoms. The van der Waals surface area contributed by atoms with E-state index in [-0.39, 0.29) is 23.3 Å². The van der Waals surface area contributed by atoms with Crippen LogP contribution in [0.1, 0.15) is 36.3 Å². The number of nitrogens with zero attached hydrogens (tertiary/aromatic N) is 3. The molecule has 8 nitrogen and oxygen atoms in total. The van der Waals surface area contributed by atoms with E-state index in [9.17, 15) is 14.9 Å². The summed E-state index contributed by atoms with van der Waals surface area (Å²) in [6, 6.07) is 7.70. The van der Waals surface area contributed by atoms with Crippen molar-refractivity contribution in [2.75, 3.05) is 0 Å². The molecular formula is C18H18N4O4. The number of aromatic nitrogens is 2. The summed E-state index contributed by atoms with van der Waals surface area (Å²) >= 11 is 0. The number of carbonyl (C=O) groups is 1. The largest absolute Gasteiger partial charge is 0.350 e. The fourth-order valence-corrected chi connectivity index (χ4v) is 2.60. The molecule has 1 aromatic carbocycles. The van der Waals surface area contributed by atoms with E-state index in [1.165, 1.54) is 12.1 Å². The monoisotopic (exact) mass is 354 g/mol. The molecule has 0 spiro atoms. The first-order valence-corrected chi connectivity index (χ1v) is 8.23. The number of hydrogen-bond donors (Lipinski definition) is 1. The number of benzene rings is 1. The van der Waals surface area contributed by atoms with E-state index in [4.69, 9.17) is 4.52 Å². The van der Waals surface area contributed by atoms with Gasteiger partial charge < -0.3 is 9.84 Å². The predicted molar refractivity (Wildman–Crippen MR) is 95.9 cm³/mol. The Morgan fingerprint density at radius 3 is 2.85 bits per heavy atom. The third-order valence-electron chi connectivity index (χ3n) is 4.20. The molecule has 2 aromatic heterocycles. The Morgan fingerprint density at radius 1 is 1.38 bits per heavy atom. The fraction of sp³-hybridized carbons (Fsp3) is 0.278. The second-order valence-corrected chi connectivity index (χ2v) is 6.09. The Morgan fingerprint density at radius 2 is 2.15 bits per heavy atom. The molecule has 0 aliphatic rings. The highest BCUT2D eigenvalue weighted by Crippen LogP contribution is 2.28. The number of nitro groups is 1. The third-order valence-corrected chi connectivity index (χ3v) is 4.20. The van der Waals surface area contributed by atoms with E-state index in [0.717, 1.165) is 6.42 Å². The average Bonchev–Trinajstić information content (AvgIpc) is 3.02. The molecule has 0 saturated carbocycles.